The maximum atomic E-state index is 13.6. The number of hydrazine groups is 1. The van der Waals surface area contributed by atoms with Crippen molar-refractivity contribution in [3.63, 3.8) is 0 Å². The van der Waals surface area contributed by atoms with Gasteiger partial charge < -0.3 is 9.47 Å². The number of halogens is 4. The van der Waals surface area contributed by atoms with Gasteiger partial charge in [0, 0.05) is 29.9 Å². The van der Waals surface area contributed by atoms with Crippen LogP contribution in [-0.4, -0.2) is 33.6 Å². The molecule has 4 rings (SSSR count). The van der Waals surface area contributed by atoms with E-state index in [1.807, 2.05) is 6.07 Å². The maximum Gasteiger partial charge on any atom is 0.437 e. The lowest BCUT2D eigenvalue weighted by Gasteiger charge is -2.30. The van der Waals surface area contributed by atoms with Crippen LogP contribution in [0.4, 0.5) is 13.2 Å². The van der Waals surface area contributed by atoms with Crippen molar-refractivity contribution in [3.05, 3.63) is 75.1 Å². The zero-order chi connectivity index (χ0) is 26.7. The second-order valence-electron chi connectivity index (χ2n) is 8.02. The number of alkyl halides is 3. The highest BCUT2D eigenvalue weighted by Gasteiger charge is 2.39. The second kappa shape index (κ2) is 10.5. The van der Waals surface area contributed by atoms with Crippen LogP contribution in [0.25, 0.3) is 0 Å². The van der Waals surface area contributed by atoms with Crippen molar-refractivity contribution in [3.8, 4) is 23.4 Å². The van der Waals surface area contributed by atoms with Gasteiger partial charge in [-0.3, -0.25) is 19.6 Å². The lowest BCUT2D eigenvalue weighted by atomic mass is 9.90. The normalized spacial score (nSPS) is 17.6. The van der Waals surface area contributed by atoms with Gasteiger partial charge in [0.25, 0.3) is 5.56 Å². The number of pyridine rings is 1. The number of aromatic nitrogens is 3. The molecule has 2 N–H and O–H groups in total. The van der Waals surface area contributed by atoms with E-state index in [2.05, 4.69) is 20.8 Å². The Balaban J connectivity index is 1.65. The lowest BCUT2D eigenvalue weighted by Crippen LogP contribution is -2.54. The third-order valence-electron chi connectivity index (χ3n) is 5.51. The van der Waals surface area contributed by atoms with Gasteiger partial charge in [-0.05, 0) is 36.2 Å². The Morgan fingerprint density at radius 3 is 2.73 bits per heavy atom. The number of hydrogen-bond acceptors (Lipinski definition) is 8. The summed E-state index contributed by atoms with van der Waals surface area (Å²) in [5.74, 6) is -1.96. The fraction of sp³-hybridized carbons (Fsp3) is 0.261. The van der Waals surface area contributed by atoms with Crippen LogP contribution in [0.1, 0.15) is 29.2 Å². The first-order valence-corrected chi connectivity index (χ1v) is 11.1. The molecule has 37 heavy (non-hydrogen) atoms. The van der Waals surface area contributed by atoms with Gasteiger partial charge in [0.15, 0.2) is 5.69 Å². The first-order valence-electron chi connectivity index (χ1n) is 10.7. The minimum Gasteiger partial charge on any atom is -0.481 e. The average molecular weight is 535 g/mol. The molecule has 1 saturated heterocycles. The molecule has 14 heteroatoms. The first kappa shape index (κ1) is 25.9. The van der Waals surface area contributed by atoms with Crippen molar-refractivity contribution < 1.29 is 27.4 Å². The van der Waals surface area contributed by atoms with Gasteiger partial charge in [0.2, 0.25) is 17.5 Å². The maximum absolute atomic E-state index is 13.6. The van der Waals surface area contributed by atoms with Crippen LogP contribution in [0, 0.1) is 11.3 Å². The molecule has 0 saturated carbocycles. The molecule has 2 aromatic heterocycles. The van der Waals surface area contributed by atoms with E-state index in [1.165, 1.54) is 25.4 Å². The number of nitrogens with zero attached hydrogens (tertiary/aromatic N) is 4. The topological polar surface area (TPSA) is 131 Å². The van der Waals surface area contributed by atoms with Crippen LogP contribution in [0.5, 0.6) is 17.4 Å². The number of nitrogens with one attached hydrogen (secondary N) is 2. The van der Waals surface area contributed by atoms with E-state index >= 15 is 0 Å². The Labute approximate surface area is 212 Å². The third kappa shape index (κ3) is 5.82. The molecule has 0 spiro atoms. The fourth-order valence-electron chi connectivity index (χ4n) is 3.81. The van der Waals surface area contributed by atoms with E-state index < -0.39 is 35.1 Å². The van der Waals surface area contributed by atoms with Crippen LogP contribution in [0.2, 0.25) is 5.02 Å². The second-order valence-corrected chi connectivity index (χ2v) is 8.45. The van der Waals surface area contributed by atoms with Crippen molar-refractivity contribution in [1.29, 1.82) is 5.26 Å². The van der Waals surface area contributed by atoms with Gasteiger partial charge in [0.05, 0.1) is 31.0 Å². The Kier molecular flexibility index (Phi) is 7.33. The quantitative estimate of drug-likeness (QED) is 0.493. The van der Waals surface area contributed by atoms with E-state index in [1.54, 1.807) is 12.1 Å². The average Bonchev–Trinajstić information content (AvgIpc) is 2.86. The molecule has 3 aromatic rings. The summed E-state index contributed by atoms with van der Waals surface area (Å²) < 4.78 is 52.3. The van der Waals surface area contributed by atoms with Crippen molar-refractivity contribution in [2.24, 2.45) is 0 Å². The number of nitriles is 1. The molecule has 0 aliphatic carbocycles. The Bertz CT molecular complexity index is 1440. The standard InChI is InChI=1S/C23H18ClF3N6O4/c1-36-18-6-13(2-3-29-18)17-8-15(31-32-21(17)34)10-33-11-30-20(23(25,26)27)19(22(33)35)37-16-5-12(9-28)4-14(24)7-16/h2-7,11,15,17,31H,8,10H2,1H3,(H,32,34). The largest absolute Gasteiger partial charge is 0.481 e. The van der Waals surface area contributed by atoms with E-state index in [9.17, 15) is 22.8 Å². The number of hydrogen-bond donors (Lipinski definition) is 2. The van der Waals surface area contributed by atoms with Crippen LogP contribution in [-0.2, 0) is 17.5 Å². The lowest BCUT2D eigenvalue weighted by molar-refractivity contribution is -0.142. The Morgan fingerprint density at radius 1 is 1.24 bits per heavy atom. The zero-order valence-corrected chi connectivity index (χ0v) is 19.8. The summed E-state index contributed by atoms with van der Waals surface area (Å²) in [7, 11) is 1.44. The smallest absolute Gasteiger partial charge is 0.437 e. The van der Waals surface area contributed by atoms with E-state index in [0.717, 1.165) is 17.0 Å². The summed E-state index contributed by atoms with van der Waals surface area (Å²) >= 11 is 5.91. The molecule has 1 amide bonds. The summed E-state index contributed by atoms with van der Waals surface area (Å²) in [5.41, 5.74) is 3.29. The summed E-state index contributed by atoms with van der Waals surface area (Å²) in [6.07, 6.45) is -2.53. The number of carbonyl (C=O) groups excluding carboxylic acids is 1. The first-order chi connectivity index (χ1) is 17.6. The molecule has 2 atom stereocenters. The molecule has 1 aliphatic rings. The van der Waals surface area contributed by atoms with Crippen LogP contribution < -0.4 is 25.9 Å². The van der Waals surface area contributed by atoms with E-state index in [4.69, 9.17) is 26.3 Å². The van der Waals surface area contributed by atoms with E-state index in [0.29, 0.717) is 11.4 Å². The van der Waals surface area contributed by atoms with Crippen molar-refractivity contribution in [1.82, 2.24) is 25.4 Å². The van der Waals surface area contributed by atoms with Gasteiger partial charge in [-0.15, -0.1) is 0 Å². The zero-order valence-electron chi connectivity index (χ0n) is 19.0. The van der Waals surface area contributed by atoms with Gasteiger partial charge in [0.1, 0.15) is 5.75 Å². The van der Waals surface area contributed by atoms with E-state index in [-0.39, 0.29) is 35.2 Å². The number of benzene rings is 1. The van der Waals surface area contributed by atoms with Crippen molar-refractivity contribution in [2.45, 2.75) is 31.1 Å². The third-order valence-corrected chi connectivity index (χ3v) is 5.73. The Hall–Kier alpha value is -4.15. The molecule has 2 unspecified atom stereocenters. The highest BCUT2D eigenvalue weighted by atomic mass is 35.5. The van der Waals surface area contributed by atoms with Crippen molar-refractivity contribution in [2.75, 3.05) is 7.11 Å². The van der Waals surface area contributed by atoms with Gasteiger partial charge >= 0.3 is 6.18 Å². The minimum absolute atomic E-state index is 0.0289. The molecule has 0 radical (unpaired) electrons. The highest BCUT2D eigenvalue weighted by Crippen LogP contribution is 2.35. The fourth-order valence-corrected chi connectivity index (χ4v) is 4.03. The number of amides is 1. The number of methoxy groups -OCH3 is 1. The summed E-state index contributed by atoms with van der Waals surface area (Å²) in [4.78, 5) is 33.0. The summed E-state index contributed by atoms with van der Waals surface area (Å²) in [6.45, 7) is -0.141. The monoisotopic (exact) mass is 534 g/mol. The highest BCUT2D eigenvalue weighted by molar-refractivity contribution is 6.30. The van der Waals surface area contributed by atoms with Crippen LogP contribution in [0.15, 0.2) is 47.7 Å². The molecular weight excluding hydrogens is 517 g/mol. The number of ether oxygens (including phenoxy) is 2. The predicted octanol–water partition coefficient (Wildman–Crippen LogP) is 3.16. The molecule has 1 aliphatic heterocycles. The number of rotatable bonds is 6. The van der Waals surface area contributed by atoms with Crippen LogP contribution in [0.3, 0.4) is 0 Å². The molecular formula is C23H18ClF3N6O4. The summed E-state index contributed by atoms with van der Waals surface area (Å²) in [5, 5.41) is 9.13. The molecule has 1 aromatic carbocycles. The number of carbonyl (C=O) groups is 1. The summed E-state index contributed by atoms with van der Waals surface area (Å²) in [6, 6.07) is 8.11. The molecule has 10 nitrogen and oxygen atoms in total. The Morgan fingerprint density at radius 2 is 2.03 bits per heavy atom. The van der Waals surface area contributed by atoms with Crippen LogP contribution >= 0.6 is 11.6 Å². The predicted molar refractivity (Wildman–Crippen MR) is 123 cm³/mol. The molecule has 1 fully saturated rings. The molecule has 3 heterocycles. The van der Waals surface area contributed by atoms with Crippen molar-refractivity contribution >= 4 is 17.5 Å². The van der Waals surface area contributed by atoms with Gasteiger partial charge in [-0.1, -0.05) is 11.6 Å². The minimum atomic E-state index is -4.99. The van der Waals surface area contributed by atoms with Gasteiger partial charge in [-0.25, -0.2) is 15.4 Å². The molecule has 0 bridgehead atoms. The van der Waals surface area contributed by atoms with Gasteiger partial charge in [-0.2, -0.15) is 18.4 Å². The SMILES string of the molecule is COc1cc(C2CC(Cn3cnc(C(F)(F)F)c(Oc4cc(Cl)cc(C#N)c4)c3=O)NNC2=O)ccn1. The molecule has 192 valence electrons.